The molecule has 4 rings (SSSR count). The standard InChI is InChI=1S/C22H22O13/c1-6-13(26)17(30)18(31)22(33-6)35-21-16(29)12-8(23)5-11(32-2)15(28)20(12)34-19(21)7-3-9(24)14(27)10(25)4-7/h3-6,13,17-18,22-28,30-31H,1-2H3. The largest absolute Gasteiger partial charge is 0.507 e. The highest BCUT2D eigenvalue weighted by molar-refractivity contribution is 5.93. The molecule has 1 saturated heterocycles. The highest BCUT2D eigenvalue weighted by Gasteiger charge is 2.44. The van der Waals surface area contributed by atoms with Crippen molar-refractivity contribution >= 4 is 11.0 Å². The van der Waals surface area contributed by atoms with E-state index >= 15 is 0 Å². The summed E-state index contributed by atoms with van der Waals surface area (Å²) in [5, 5.41) is 80.3. The maximum Gasteiger partial charge on any atom is 0.239 e. The van der Waals surface area contributed by atoms with Gasteiger partial charge in [-0.05, 0) is 19.1 Å². The fourth-order valence-electron chi connectivity index (χ4n) is 3.71. The molecule has 0 radical (unpaired) electrons. The van der Waals surface area contributed by atoms with Crippen LogP contribution in [0, 0.1) is 0 Å². The van der Waals surface area contributed by atoms with Gasteiger partial charge in [-0.15, -0.1) is 0 Å². The molecule has 5 unspecified atom stereocenters. The van der Waals surface area contributed by atoms with Gasteiger partial charge in [0.15, 0.2) is 34.3 Å². The van der Waals surface area contributed by atoms with Crippen molar-refractivity contribution in [1.82, 2.24) is 0 Å². The van der Waals surface area contributed by atoms with Crippen molar-refractivity contribution in [3.8, 4) is 51.6 Å². The summed E-state index contributed by atoms with van der Waals surface area (Å²) in [5.74, 6) is -5.28. The molecular formula is C22H22O13. The van der Waals surface area contributed by atoms with Crippen molar-refractivity contribution in [1.29, 1.82) is 0 Å². The van der Waals surface area contributed by atoms with E-state index < -0.39 is 87.4 Å². The van der Waals surface area contributed by atoms with Crippen LogP contribution < -0.4 is 14.9 Å². The van der Waals surface area contributed by atoms with Crippen LogP contribution in [-0.4, -0.2) is 78.7 Å². The van der Waals surface area contributed by atoms with Crippen molar-refractivity contribution in [2.45, 2.75) is 37.6 Å². The molecule has 0 spiro atoms. The SMILES string of the molecule is COc1cc(O)c2c(=O)c(OC3OC(C)C(O)C(O)C3O)c(-c3cc(O)c(O)c(O)c3)oc2c1O. The zero-order valence-electron chi connectivity index (χ0n) is 18.2. The van der Waals surface area contributed by atoms with Crippen LogP contribution in [0.15, 0.2) is 27.4 Å². The second-order valence-electron chi connectivity index (χ2n) is 7.90. The molecule has 0 saturated carbocycles. The monoisotopic (exact) mass is 494 g/mol. The molecule has 0 bridgehead atoms. The number of ether oxygens (including phenoxy) is 3. The molecule has 2 heterocycles. The fourth-order valence-corrected chi connectivity index (χ4v) is 3.71. The van der Waals surface area contributed by atoms with E-state index in [-0.39, 0.29) is 11.3 Å². The molecule has 0 aliphatic carbocycles. The number of benzene rings is 2. The Labute approximate surface area is 195 Å². The summed E-state index contributed by atoms with van der Waals surface area (Å²) in [6.07, 6.45) is -7.74. The molecule has 1 aliphatic heterocycles. The number of rotatable bonds is 4. The summed E-state index contributed by atoms with van der Waals surface area (Å²) < 4.78 is 21.5. The molecule has 8 N–H and O–H groups in total. The Hall–Kier alpha value is -3.91. The smallest absolute Gasteiger partial charge is 0.239 e. The van der Waals surface area contributed by atoms with E-state index in [1.165, 1.54) is 14.0 Å². The Morgan fingerprint density at radius 2 is 1.49 bits per heavy atom. The fraction of sp³-hybridized carbons (Fsp3) is 0.318. The van der Waals surface area contributed by atoms with Crippen LogP contribution in [0.5, 0.6) is 40.2 Å². The molecule has 1 aromatic heterocycles. The number of aliphatic hydroxyl groups excluding tert-OH is 3. The van der Waals surface area contributed by atoms with Gasteiger partial charge in [0.1, 0.15) is 29.4 Å². The highest BCUT2D eigenvalue weighted by atomic mass is 16.7. The van der Waals surface area contributed by atoms with Gasteiger partial charge in [0, 0.05) is 11.6 Å². The summed E-state index contributed by atoms with van der Waals surface area (Å²) >= 11 is 0. The van der Waals surface area contributed by atoms with E-state index in [2.05, 4.69) is 0 Å². The van der Waals surface area contributed by atoms with Gasteiger partial charge in [0.2, 0.25) is 23.2 Å². The molecule has 5 atom stereocenters. The van der Waals surface area contributed by atoms with E-state index in [1.807, 2.05) is 0 Å². The van der Waals surface area contributed by atoms with Crippen molar-refractivity contribution in [2.24, 2.45) is 0 Å². The third-order valence-corrected chi connectivity index (χ3v) is 5.64. The number of methoxy groups -OCH3 is 1. The topological polar surface area (TPSA) is 220 Å². The zero-order valence-corrected chi connectivity index (χ0v) is 18.2. The molecule has 1 fully saturated rings. The van der Waals surface area contributed by atoms with E-state index in [0.717, 1.165) is 18.2 Å². The van der Waals surface area contributed by atoms with Gasteiger partial charge in [0.05, 0.1) is 13.2 Å². The van der Waals surface area contributed by atoms with Crippen LogP contribution in [-0.2, 0) is 4.74 Å². The summed E-state index contributed by atoms with van der Waals surface area (Å²) in [7, 11) is 1.19. The van der Waals surface area contributed by atoms with Gasteiger partial charge < -0.3 is 59.5 Å². The van der Waals surface area contributed by atoms with Crippen molar-refractivity contribution in [3.05, 3.63) is 28.4 Å². The van der Waals surface area contributed by atoms with E-state index in [9.17, 15) is 45.6 Å². The quantitative estimate of drug-likeness (QED) is 0.180. The summed E-state index contributed by atoms with van der Waals surface area (Å²) in [6.45, 7) is 1.38. The van der Waals surface area contributed by atoms with Gasteiger partial charge >= 0.3 is 0 Å². The molecule has 188 valence electrons. The van der Waals surface area contributed by atoms with Gasteiger partial charge in [-0.1, -0.05) is 0 Å². The molecule has 35 heavy (non-hydrogen) atoms. The number of hydrogen-bond donors (Lipinski definition) is 8. The average molecular weight is 494 g/mol. The van der Waals surface area contributed by atoms with Gasteiger partial charge in [0.25, 0.3) is 0 Å². The van der Waals surface area contributed by atoms with E-state index in [0.29, 0.717) is 0 Å². The van der Waals surface area contributed by atoms with Crippen LogP contribution in [0.4, 0.5) is 0 Å². The third-order valence-electron chi connectivity index (χ3n) is 5.64. The van der Waals surface area contributed by atoms with Crippen LogP contribution in [0.25, 0.3) is 22.3 Å². The predicted molar refractivity (Wildman–Crippen MR) is 116 cm³/mol. The van der Waals surface area contributed by atoms with Crippen molar-refractivity contribution < 1.29 is 59.5 Å². The Bertz CT molecular complexity index is 1320. The highest BCUT2D eigenvalue weighted by Crippen LogP contribution is 2.45. The first-order valence-corrected chi connectivity index (χ1v) is 10.2. The lowest BCUT2D eigenvalue weighted by Crippen LogP contribution is -2.58. The second kappa shape index (κ2) is 8.70. The number of hydrogen-bond acceptors (Lipinski definition) is 13. The maximum atomic E-state index is 13.4. The Kier molecular flexibility index (Phi) is 6.02. The molecular weight excluding hydrogens is 472 g/mol. The van der Waals surface area contributed by atoms with Crippen LogP contribution in [0.3, 0.4) is 0 Å². The summed E-state index contributed by atoms with van der Waals surface area (Å²) in [4.78, 5) is 13.4. The Morgan fingerprint density at radius 1 is 0.857 bits per heavy atom. The number of aliphatic hydroxyl groups is 3. The van der Waals surface area contributed by atoms with E-state index in [1.54, 1.807) is 0 Å². The first-order valence-electron chi connectivity index (χ1n) is 10.2. The average Bonchev–Trinajstić information content (AvgIpc) is 2.82. The number of phenols is 5. The van der Waals surface area contributed by atoms with Crippen LogP contribution in [0.2, 0.25) is 0 Å². The molecule has 2 aromatic carbocycles. The normalized spacial score (nSPS) is 24.4. The van der Waals surface area contributed by atoms with E-state index in [4.69, 9.17) is 18.6 Å². The van der Waals surface area contributed by atoms with Gasteiger partial charge in [-0.2, -0.15) is 0 Å². The number of aromatic hydroxyl groups is 5. The first-order chi connectivity index (χ1) is 16.5. The third kappa shape index (κ3) is 3.89. The minimum atomic E-state index is -1.83. The summed E-state index contributed by atoms with van der Waals surface area (Å²) in [5.41, 5.74) is -1.85. The lowest BCUT2D eigenvalue weighted by molar-refractivity contribution is -0.268. The van der Waals surface area contributed by atoms with Crippen molar-refractivity contribution in [3.63, 3.8) is 0 Å². The molecule has 13 nitrogen and oxygen atoms in total. The molecule has 0 amide bonds. The number of phenolic OH excluding ortho intramolecular Hbond substituents is 5. The zero-order chi connectivity index (χ0) is 25.8. The van der Waals surface area contributed by atoms with Crippen molar-refractivity contribution in [2.75, 3.05) is 7.11 Å². The molecule has 1 aliphatic rings. The first kappa shape index (κ1) is 24.2. The molecule has 3 aromatic rings. The maximum absolute atomic E-state index is 13.4. The lowest BCUT2D eigenvalue weighted by Gasteiger charge is -2.38. The Balaban J connectivity index is 2.00. The van der Waals surface area contributed by atoms with Gasteiger partial charge in [-0.3, -0.25) is 4.79 Å². The molecule has 13 heteroatoms. The van der Waals surface area contributed by atoms with Crippen LogP contribution >= 0.6 is 0 Å². The lowest BCUT2D eigenvalue weighted by atomic mass is 10.00. The van der Waals surface area contributed by atoms with Gasteiger partial charge in [-0.25, -0.2) is 0 Å². The minimum Gasteiger partial charge on any atom is -0.507 e. The predicted octanol–water partition coefficient (Wildman–Crippen LogP) is 0.203. The second-order valence-corrected chi connectivity index (χ2v) is 7.90. The van der Waals surface area contributed by atoms with Crippen LogP contribution in [0.1, 0.15) is 6.92 Å². The Morgan fingerprint density at radius 3 is 2.09 bits per heavy atom. The summed E-state index contributed by atoms with van der Waals surface area (Å²) in [6, 6.07) is 2.76. The number of fused-ring (bicyclic) bond motifs is 1. The minimum absolute atomic E-state index is 0.229.